The molecule has 0 saturated heterocycles. The summed E-state index contributed by atoms with van der Waals surface area (Å²) in [4.78, 5) is 45.8. The van der Waals surface area contributed by atoms with Gasteiger partial charge < -0.3 is 9.15 Å². The molecule has 0 radical (unpaired) electrons. The first kappa shape index (κ1) is 19.6. The molecule has 27 heavy (non-hydrogen) atoms. The highest BCUT2D eigenvalue weighted by atomic mass is 16.6. The highest BCUT2D eigenvalue weighted by Gasteiger charge is 2.21. The number of esters is 1. The van der Waals surface area contributed by atoms with E-state index in [1.807, 2.05) is 0 Å². The van der Waals surface area contributed by atoms with Gasteiger partial charge in [-0.15, -0.1) is 0 Å². The van der Waals surface area contributed by atoms with Gasteiger partial charge in [0.15, 0.2) is 6.61 Å². The summed E-state index contributed by atoms with van der Waals surface area (Å²) in [6, 6.07) is 4.99. The zero-order valence-electron chi connectivity index (χ0n) is 14.8. The second kappa shape index (κ2) is 8.13. The summed E-state index contributed by atoms with van der Waals surface area (Å²) in [5.41, 5.74) is 4.75. The molecule has 0 atom stereocenters. The molecule has 0 aliphatic carbocycles. The van der Waals surface area contributed by atoms with Gasteiger partial charge in [-0.05, 0) is 26.8 Å². The van der Waals surface area contributed by atoms with Gasteiger partial charge >= 0.3 is 5.97 Å². The Labute approximate surface area is 153 Å². The highest BCUT2D eigenvalue weighted by Crippen LogP contribution is 2.21. The number of carbonyl (C=O) groups excluding carboxylic acids is 3. The van der Waals surface area contributed by atoms with Crippen molar-refractivity contribution < 1.29 is 28.5 Å². The van der Waals surface area contributed by atoms with E-state index >= 15 is 0 Å². The summed E-state index contributed by atoms with van der Waals surface area (Å²) >= 11 is 0. The van der Waals surface area contributed by atoms with Crippen molar-refractivity contribution in [2.24, 2.45) is 0 Å². The first-order valence-electron chi connectivity index (χ1n) is 7.78. The number of amides is 2. The zero-order valence-corrected chi connectivity index (χ0v) is 14.8. The molecule has 2 rings (SSSR count). The lowest BCUT2D eigenvalue weighted by molar-refractivity contribution is -0.384. The maximum absolute atomic E-state index is 12.1. The van der Waals surface area contributed by atoms with E-state index in [0.717, 1.165) is 6.07 Å². The second-order valence-corrected chi connectivity index (χ2v) is 5.60. The van der Waals surface area contributed by atoms with Crippen LogP contribution < -0.4 is 10.9 Å². The standard InChI is InChI=1S/C17H17N3O7/c1-9-10(2)27-11(3)15(9)17(23)26-8-14(21)18-19-16(22)12-5-4-6-13(7-12)20(24)25/h4-7H,8H2,1-3H3,(H,18,21)(H,19,22). The lowest BCUT2D eigenvalue weighted by Crippen LogP contribution is -2.43. The van der Waals surface area contributed by atoms with Crippen LogP contribution in [0.25, 0.3) is 0 Å². The van der Waals surface area contributed by atoms with E-state index in [2.05, 4.69) is 10.9 Å². The average molecular weight is 375 g/mol. The van der Waals surface area contributed by atoms with Crippen LogP contribution in [0.3, 0.4) is 0 Å². The second-order valence-electron chi connectivity index (χ2n) is 5.60. The lowest BCUT2D eigenvalue weighted by atomic mass is 10.1. The molecule has 1 aromatic carbocycles. The Balaban J connectivity index is 1.87. The number of hydrazine groups is 1. The number of rotatable bonds is 5. The number of furan rings is 1. The zero-order chi connectivity index (χ0) is 20.1. The van der Waals surface area contributed by atoms with Crippen LogP contribution in [-0.2, 0) is 9.53 Å². The van der Waals surface area contributed by atoms with Gasteiger partial charge in [-0.1, -0.05) is 6.07 Å². The van der Waals surface area contributed by atoms with Gasteiger partial charge in [0.2, 0.25) is 0 Å². The fourth-order valence-electron chi connectivity index (χ4n) is 2.29. The number of ether oxygens (including phenoxy) is 1. The summed E-state index contributed by atoms with van der Waals surface area (Å²) < 4.78 is 10.2. The third-order valence-corrected chi connectivity index (χ3v) is 3.73. The molecular weight excluding hydrogens is 358 g/mol. The third-order valence-electron chi connectivity index (χ3n) is 3.73. The molecule has 1 heterocycles. The monoisotopic (exact) mass is 375 g/mol. The largest absolute Gasteiger partial charge is 0.465 e. The summed E-state index contributed by atoms with van der Waals surface area (Å²) in [6.07, 6.45) is 0. The molecule has 0 saturated carbocycles. The molecule has 0 spiro atoms. The summed E-state index contributed by atoms with van der Waals surface area (Å²) in [5, 5.41) is 10.7. The van der Waals surface area contributed by atoms with Crippen LogP contribution in [0.15, 0.2) is 28.7 Å². The van der Waals surface area contributed by atoms with Crippen LogP contribution >= 0.6 is 0 Å². The average Bonchev–Trinajstić information content (AvgIpc) is 2.89. The number of nitrogens with one attached hydrogen (secondary N) is 2. The first-order valence-corrected chi connectivity index (χ1v) is 7.78. The van der Waals surface area contributed by atoms with Crippen LogP contribution in [-0.4, -0.2) is 29.3 Å². The first-order chi connectivity index (χ1) is 12.7. The van der Waals surface area contributed by atoms with E-state index in [-0.39, 0.29) is 16.8 Å². The lowest BCUT2D eigenvalue weighted by Gasteiger charge is -2.08. The molecule has 10 heteroatoms. The smallest absolute Gasteiger partial charge is 0.342 e. The Hall–Kier alpha value is -3.69. The van der Waals surface area contributed by atoms with Gasteiger partial charge in [0.25, 0.3) is 17.5 Å². The van der Waals surface area contributed by atoms with Crippen molar-refractivity contribution in [2.75, 3.05) is 6.61 Å². The summed E-state index contributed by atoms with van der Waals surface area (Å²) in [5.74, 6) is -1.29. The van der Waals surface area contributed by atoms with Crippen molar-refractivity contribution in [1.29, 1.82) is 0 Å². The Bertz CT molecular complexity index is 917. The molecular formula is C17H17N3O7. The quantitative estimate of drug-likeness (QED) is 0.460. The number of hydrogen-bond donors (Lipinski definition) is 2. The minimum Gasteiger partial charge on any atom is -0.465 e. The predicted molar refractivity (Wildman–Crippen MR) is 91.9 cm³/mol. The predicted octanol–water partition coefficient (Wildman–Crippen LogP) is 1.73. The van der Waals surface area contributed by atoms with E-state index < -0.39 is 29.3 Å². The van der Waals surface area contributed by atoms with Crippen LogP contribution in [0.4, 0.5) is 5.69 Å². The van der Waals surface area contributed by atoms with Crippen molar-refractivity contribution in [3.05, 3.63) is 62.6 Å². The molecule has 2 amide bonds. The minimum atomic E-state index is -0.780. The van der Waals surface area contributed by atoms with Crippen LogP contribution in [0.5, 0.6) is 0 Å². The Morgan fingerprint density at radius 3 is 2.44 bits per heavy atom. The van der Waals surface area contributed by atoms with Crippen molar-refractivity contribution in [2.45, 2.75) is 20.8 Å². The van der Waals surface area contributed by atoms with Gasteiger partial charge in [0.05, 0.1) is 4.92 Å². The number of aryl methyl sites for hydroxylation is 2. The van der Waals surface area contributed by atoms with Crippen LogP contribution in [0.1, 0.15) is 37.8 Å². The Morgan fingerprint density at radius 2 is 1.85 bits per heavy atom. The summed E-state index contributed by atoms with van der Waals surface area (Å²) in [6.45, 7) is 4.38. The molecule has 0 aliphatic rings. The fraction of sp³-hybridized carbons (Fsp3) is 0.235. The molecule has 0 unspecified atom stereocenters. The molecule has 0 aliphatic heterocycles. The van der Waals surface area contributed by atoms with Crippen molar-refractivity contribution in [1.82, 2.24) is 10.9 Å². The molecule has 0 fully saturated rings. The van der Waals surface area contributed by atoms with Gasteiger partial charge in [-0.25, -0.2) is 4.79 Å². The van der Waals surface area contributed by atoms with E-state index in [4.69, 9.17) is 9.15 Å². The fourth-order valence-corrected chi connectivity index (χ4v) is 2.29. The molecule has 142 valence electrons. The number of carbonyl (C=O) groups is 3. The van der Waals surface area contributed by atoms with Crippen molar-refractivity contribution in [3.63, 3.8) is 0 Å². The Kier molecular flexibility index (Phi) is 5.91. The number of benzene rings is 1. The number of nitro groups is 1. The number of nitrogens with zero attached hydrogens (tertiary/aromatic N) is 1. The van der Waals surface area contributed by atoms with Gasteiger partial charge in [-0.3, -0.25) is 30.6 Å². The van der Waals surface area contributed by atoms with Crippen LogP contribution in [0.2, 0.25) is 0 Å². The minimum absolute atomic E-state index is 0.0124. The van der Waals surface area contributed by atoms with Gasteiger partial charge in [0, 0.05) is 23.3 Å². The number of nitro benzene ring substituents is 1. The van der Waals surface area contributed by atoms with Crippen LogP contribution in [0, 0.1) is 30.9 Å². The Morgan fingerprint density at radius 1 is 1.15 bits per heavy atom. The van der Waals surface area contributed by atoms with E-state index in [1.165, 1.54) is 18.2 Å². The topological polar surface area (TPSA) is 141 Å². The molecule has 0 bridgehead atoms. The van der Waals surface area contributed by atoms with Gasteiger partial charge in [0.1, 0.15) is 17.1 Å². The maximum atomic E-state index is 12.1. The maximum Gasteiger partial charge on any atom is 0.342 e. The van der Waals surface area contributed by atoms with E-state index in [9.17, 15) is 24.5 Å². The molecule has 1 aromatic heterocycles. The van der Waals surface area contributed by atoms with E-state index in [0.29, 0.717) is 17.1 Å². The van der Waals surface area contributed by atoms with Crippen molar-refractivity contribution >= 4 is 23.5 Å². The van der Waals surface area contributed by atoms with E-state index in [1.54, 1.807) is 20.8 Å². The third kappa shape index (κ3) is 4.69. The van der Waals surface area contributed by atoms with Gasteiger partial charge in [-0.2, -0.15) is 0 Å². The molecule has 10 nitrogen and oxygen atoms in total. The molecule has 2 N–H and O–H groups in total. The number of hydrogen-bond acceptors (Lipinski definition) is 7. The van der Waals surface area contributed by atoms with Crippen molar-refractivity contribution in [3.8, 4) is 0 Å². The normalized spacial score (nSPS) is 10.2. The summed E-state index contributed by atoms with van der Waals surface area (Å²) in [7, 11) is 0. The highest BCUT2D eigenvalue weighted by molar-refractivity contribution is 5.97. The molecule has 2 aromatic rings. The number of non-ortho nitro benzene ring substituents is 1. The SMILES string of the molecule is Cc1oc(C)c(C(=O)OCC(=O)NNC(=O)c2cccc([N+](=O)[O-])c2)c1C.